The van der Waals surface area contributed by atoms with E-state index in [0.29, 0.717) is 11.3 Å². The first-order valence-electron chi connectivity index (χ1n) is 6.03. The Labute approximate surface area is 115 Å². The van der Waals surface area contributed by atoms with Gasteiger partial charge in [0, 0.05) is 5.39 Å². The first-order valence-corrected chi connectivity index (χ1v) is 6.03. The molecule has 0 aliphatic rings. The molecule has 0 unspecified atom stereocenters. The third-order valence-electron chi connectivity index (χ3n) is 2.86. The van der Waals surface area contributed by atoms with Crippen LogP contribution < -0.4 is 4.74 Å². The maximum Gasteiger partial charge on any atom is 0.237 e. The van der Waals surface area contributed by atoms with Gasteiger partial charge in [-0.05, 0) is 36.4 Å². The lowest BCUT2D eigenvalue weighted by molar-refractivity contribution is 0.454. The summed E-state index contributed by atoms with van der Waals surface area (Å²) < 4.78 is 5.62. The first kappa shape index (κ1) is 12.0. The maximum atomic E-state index is 9.24. The SMILES string of the molecule is N#Cc1cc2ccccc2nc1Oc1ccc(O)cc1. The summed E-state index contributed by atoms with van der Waals surface area (Å²) in [5.74, 6) is 0.934. The maximum absolute atomic E-state index is 9.24. The van der Waals surface area contributed by atoms with Gasteiger partial charge in [-0.1, -0.05) is 18.2 Å². The molecule has 20 heavy (non-hydrogen) atoms. The number of hydrogen-bond donors (Lipinski definition) is 1. The van der Waals surface area contributed by atoms with Gasteiger partial charge in [-0.3, -0.25) is 0 Å². The van der Waals surface area contributed by atoms with Crippen molar-refractivity contribution in [3.63, 3.8) is 0 Å². The number of rotatable bonds is 2. The minimum absolute atomic E-state index is 0.157. The van der Waals surface area contributed by atoms with Crippen molar-refractivity contribution in [2.75, 3.05) is 0 Å². The summed E-state index contributed by atoms with van der Waals surface area (Å²) in [7, 11) is 0. The van der Waals surface area contributed by atoms with Crippen molar-refractivity contribution < 1.29 is 9.84 Å². The molecule has 0 aliphatic heterocycles. The average Bonchev–Trinajstić information content (AvgIpc) is 2.49. The van der Waals surface area contributed by atoms with E-state index in [2.05, 4.69) is 11.1 Å². The number of aromatic nitrogens is 1. The molecule has 0 spiro atoms. The second-order valence-electron chi connectivity index (χ2n) is 4.24. The molecule has 4 heteroatoms. The molecule has 3 rings (SSSR count). The molecule has 0 amide bonds. The van der Waals surface area contributed by atoms with Crippen molar-refractivity contribution in [1.29, 1.82) is 5.26 Å². The summed E-state index contributed by atoms with van der Waals surface area (Å²) in [6, 6.07) is 17.6. The minimum Gasteiger partial charge on any atom is -0.508 e. The van der Waals surface area contributed by atoms with Crippen LogP contribution >= 0.6 is 0 Å². The van der Waals surface area contributed by atoms with Gasteiger partial charge in [-0.25, -0.2) is 4.98 Å². The number of fused-ring (bicyclic) bond motifs is 1. The molecule has 1 N–H and O–H groups in total. The molecule has 2 aromatic carbocycles. The van der Waals surface area contributed by atoms with E-state index in [9.17, 15) is 10.4 Å². The van der Waals surface area contributed by atoms with E-state index >= 15 is 0 Å². The van der Waals surface area contributed by atoms with E-state index in [1.165, 1.54) is 12.1 Å². The third kappa shape index (κ3) is 2.25. The fourth-order valence-electron chi connectivity index (χ4n) is 1.88. The van der Waals surface area contributed by atoms with Gasteiger partial charge in [0.25, 0.3) is 0 Å². The van der Waals surface area contributed by atoms with Crippen molar-refractivity contribution in [2.45, 2.75) is 0 Å². The van der Waals surface area contributed by atoms with Gasteiger partial charge in [-0.2, -0.15) is 5.26 Å². The summed E-state index contributed by atoms with van der Waals surface area (Å²) in [6.07, 6.45) is 0. The van der Waals surface area contributed by atoms with E-state index < -0.39 is 0 Å². The lowest BCUT2D eigenvalue weighted by Crippen LogP contribution is -1.93. The number of hydrogen-bond acceptors (Lipinski definition) is 4. The van der Waals surface area contributed by atoms with Crippen LogP contribution in [0.2, 0.25) is 0 Å². The lowest BCUT2D eigenvalue weighted by Gasteiger charge is -2.07. The zero-order valence-corrected chi connectivity index (χ0v) is 10.4. The van der Waals surface area contributed by atoms with Crippen LogP contribution in [0.5, 0.6) is 17.4 Å². The van der Waals surface area contributed by atoms with E-state index in [-0.39, 0.29) is 11.6 Å². The molecule has 0 radical (unpaired) electrons. The third-order valence-corrected chi connectivity index (χ3v) is 2.86. The number of phenols is 1. The van der Waals surface area contributed by atoms with Gasteiger partial charge < -0.3 is 9.84 Å². The van der Waals surface area contributed by atoms with E-state index in [1.807, 2.05) is 24.3 Å². The van der Waals surface area contributed by atoms with Crippen LogP contribution in [0, 0.1) is 11.3 Å². The second-order valence-corrected chi connectivity index (χ2v) is 4.24. The highest BCUT2D eigenvalue weighted by Gasteiger charge is 2.09. The zero-order valence-electron chi connectivity index (χ0n) is 10.4. The molecule has 1 aromatic heterocycles. The Kier molecular flexibility index (Phi) is 2.94. The molecule has 4 nitrogen and oxygen atoms in total. The van der Waals surface area contributed by atoms with Gasteiger partial charge in [0.15, 0.2) is 0 Å². The van der Waals surface area contributed by atoms with Crippen molar-refractivity contribution in [1.82, 2.24) is 4.98 Å². The van der Waals surface area contributed by atoms with Crippen molar-refractivity contribution in [3.8, 4) is 23.4 Å². The summed E-state index contributed by atoms with van der Waals surface area (Å²) in [4.78, 5) is 4.36. The molecule has 3 aromatic rings. The van der Waals surface area contributed by atoms with Crippen LogP contribution in [-0.4, -0.2) is 10.1 Å². The van der Waals surface area contributed by atoms with E-state index in [1.54, 1.807) is 18.2 Å². The van der Waals surface area contributed by atoms with Crippen LogP contribution in [0.25, 0.3) is 10.9 Å². The molecule has 0 fully saturated rings. The second kappa shape index (κ2) is 4.90. The molecule has 0 saturated carbocycles. The van der Waals surface area contributed by atoms with Gasteiger partial charge in [0.05, 0.1) is 5.52 Å². The van der Waals surface area contributed by atoms with Crippen LogP contribution in [-0.2, 0) is 0 Å². The summed E-state index contributed by atoms with van der Waals surface area (Å²) in [5.41, 5.74) is 1.14. The molecular formula is C16H10N2O2. The Balaban J connectivity index is 2.06. The van der Waals surface area contributed by atoms with Crippen LogP contribution in [0.4, 0.5) is 0 Å². The molecule has 0 saturated heterocycles. The molecule has 96 valence electrons. The number of para-hydroxylation sites is 1. The number of nitrogens with zero attached hydrogens (tertiary/aromatic N) is 2. The molecular weight excluding hydrogens is 252 g/mol. The zero-order chi connectivity index (χ0) is 13.9. The van der Waals surface area contributed by atoms with Crippen LogP contribution in [0.15, 0.2) is 54.6 Å². The Morgan fingerprint density at radius 2 is 1.80 bits per heavy atom. The van der Waals surface area contributed by atoms with Gasteiger partial charge in [0.1, 0.15) is 23.1 Å². The Morgan fingerprint density at radius 3 is 2.55 bits per heavy atom. The summed E-state index contributed by atoms with van der Waals surface area (Å²) in [5, 5.41) is 19.3. The summed E-state index contributed by atoms with van der Waals surface area (Å²) in [6.45, 7) is 0. The monoisotopic (exact) mass is 262 g/mol. The first-order chi connectivity index (χ1) is 9.76. The highest BCUT2D eigenvalue weighted by molar-refractivity contribution is 5.81. The van der Waals surface area contributed by atoms with Crippen LogP contribution in [0.3, 0.4) is 0 Å². The van der Waals surface area contributed by atoms with Crippen molar-refractivity contribution in [2.24, 2.45) is 0 Å². The van der Waals surface area contributed by atoms with E-state index in [4.69, 9.17) is 4.74 Å². The number of aromatic hydroxyl groups is 1. The average molecular weight is 262 g/mol. The van der Waals surface area contributed by atoms with Gasteiger partial charge >= 0.3 is 0 Å². The van der Waals surface area contributed by atoms with E-state index in [0.717, 1.165) is 10.9 Å². The number of benzene rings is 2. The fraction of sp³-hybridized carbons (Fsp3) is 0. The van der Waals surface area contributed by atoms with Crippen molar-refractivity contribution in [3.05, 3.63) is 60.2 Å². The predicted octanol–water partition coefficient (Wildman–Crippen LogP) is 3.60. The summed E-state index contributed by atoms with van der Waals surface area (Å²) >= 11 is 0. The normalized spacial score (nSPS) is 10.2. The smallest absolute Gasteiger partial charge is 0.237 e. The molecule has 1 heterocycles. The van der Waals surface area contributed by atoms with Gasteiger partial charge in [0.2, 0.25) is 5.88 Å². The highest BCUT2D eigenvalue weighted by atomic mass is 16.5. The number of ether oxygens (including phenoxy) is 1. The number of phenolic OH excluding ortho intramolecular Hbond substituents is 1. The van der Waals surface area contributed by atoms with Crippen LogP contribution in [0.1, 0.15) is 5.56 Å². The number of nitriles is 1. The molecule has 0 aliphatic carbocycles. The highest BCUT2D eigenvalue weighted by Crippen LogP contribution is 2.27. The largest absolute Gasteiger partial charge is 0.508 e. The molecule has 0 atom stereocenters. The fourth-order valence-corrected chi connectivity index (χ4v) is 1.88. The minimum atomic E-state index is 0.157. The van der Waals surface area contributed by atoms with Gasteiger partial charge in [-0.15, -0.1) is 0 Å². The lowest BCUT2D eigenvalue weighted by atomic mass is 10.1. The van der Waals surface area contributed by atoms with Crippen molar-refractivity contribution >= 4 is 10.9 Å². The predicted molar refractivity (Wildman–Crippen MR) is 74.6 cm³/mol. The Bertz CT molecular complexity index is 805. The standard InChI is InChI=1S/C16H10N2O2/c17-10-12-9-11-3-1-2-4-15(11)18-16(12)20-14-7-5-13(19)6-8-14/h1-9,19H. The topological polar surface area (TPSA) is 66.1 Å². The Morgan fingerprint density at radius 1 is 1.05 bits per heavy atom. The Hall–Kier alpha value is -3.06. The molecule has 0 bridgehead atoms. The number of pyridine rings is 1. The quantitative estimate of drug-likeness (QED) is 0.766.